The van der Waals surface area contributed by atoms with Crippen molar-refractivity contribution in [1.82, 2.24) is 9.97 Å². The molecular weight excluding hydrogens is 346 g/mol. The molecule has 0 saturated heterocycles. The number of halogens is 1. The molecular formula is C21H18ClN3O. The zero-order chi connectivity index (χ0) is 18.9. The lowest BCUT2D eigenvalue weighted by Gasteiger charge is -2.18. The van der Waals surface area contributed by atoms with Crippen molar-refractivity contribution in [3.63, 3.8) is 0 Å². The number of nitrogens with zero attached hydrogens (tertiary/aromatic N) is 2. The van der Waals surface area contributed by atoms with Gasteiger partial charge in [-0.05, 0) is 40.8 Å². The quantitative estimate of drug-likeness (QED) is 0.655. The van der Waals surface area contributed by atoms with Crippen LogP contribution < -0.4 is 5.56 Å². The van der Waals surface area contributed by atoms with Crippen molar-refractivity contribution in [2.24, 2.45) is 0 Å². The van der Waals surface area contributed by atoms with Gasteiger partial charge in [0.25, 0.3) is 5.56 Å². The average Bonchev–Trinajstić information content (AvgIpc) is 2.58. The molecule has 2 aromatic carbocycles. The van der Waals surface area contributed by atoms with Crippen molar-refractivity contribution in [2.45, 2.75) is 26.2 Å². The Morgan fingerprint density at radius 3 is 2.50 bits per heavy atom. The summed E-state index contributed by atoms with van der Waals surface area (Å²) in [6.07, 6.45) is 1.71. The molecule has 0 fully saturated rings. The molecule has 3 rings (SSSR count). The van der Waals surface area contributed by atoms with Crippen LogP contribution in [0, 0.1) is 11.3 Å². The summed E-state index contributed by atoms with van der Waals surface area (Å²) in [6, 6.07) is 15.0. The van der Waals surface area contributed by atoms with Gasteiger partial charge in [-0.15, -0.1) is 0 Å². The predicted octanol–water partition coefficient (Wildman–Crippen LogP) is 4.94. The maximum atomic E-state index is 12.3. The van der Waals surface area contributed by atoms with Crippen LogP contribution in [0.5, 0.6) is 0 Å². The van der Waals surface area contributed by atoms with E-state index in [2.05, 4.69) is 36.8 Å². The van der Waals surface area contributed by atoms with E-state index in [-0.39, 0.29) is 22.4 Å². The Labute approximate surface area is 156 Å². The fourth-order valence-corrected chi connectivity index (χ4v) is 2.81. The minimum Gasteiger partial charge on any atom is -0.305 e. The van der Waals surface area contributed by atoms with Gasteiger partial charge in [-0.2, -0.15) is 5.26 Å². The number of nitriles is 1. The number of benzene rings is 2. The van der Waals surface area contributed by atoms with E-state index in [9.17, 15) is 10.1 Å². The number of hydrogen-bond acceptors (Lipinski definition) is 3. The van der Waals surface area contributed by atoms with Gasteiger partial charge in [0, 0.05) is 5.02 Å². The Morgan fingerprint density at radius 1 is 1.19 bits per heavy atom. The summed E-state index contributed by atoms with van der Waals surface area (Å²) < 4.78 is 0. The first kappa shape index (κ1) is 17.9. The van der Waals surface area contributed by atoms with Crippen LogP contribution in [0.4, 0.5) is 0 Å². The summed E-state index contributed by atoms with van der Waals surface area (Å²) in [6.45, 7) is 6.44. The Bertz CT molecular complexity index is 1100. The van der Waals surface area contributed by atoms with Crippen LogP contribution in [0.25, 0.3) is 22.6 Å². The van der Waals surface area contributed by atoms with Crippen LogP contribution in [-0.4, -0.2) is 9.97 Å². The van der Waals surface area contributed by atoms with Gasteiger partial charge in [0.15, 0.2) is 5.82 Å². The lowest BCUT2D eigenvalue weighted by atomic mass is 9.86. The van der Waals surface area contributed by atoms with Gasteiger partial charge in [-0.1, -0.05) is 56.6 Å². The largest absolute Gasteiger partial charge is 0.305 e. The van der Waals surface area contributed by atoms with Crippen molar-refractivity contribution < 1.29 is 0 Å². The molecule has 130 valence electrons. The molecule has 0 amide bonds. The normalized spacial score (nSPS) is 12.2. The number of aromatic amines is 1. The van der Waals surface area contributed by atoms with Gasteiger partial charge in [0.05, 0.1) is 16.5 Å². The number of hydrogen-bond donors (Lipinski definition) is 1. The summed E-state index contributed by atoms with van der Waals surface area (Å²) in [4.78, 5) is 19.3. The van der Waals surface area contributed by atoms with E-state index in [1.54, 1.807) is 24.3 Å². The van der Waals surface area contributed by atoms with Gasteiger partial charge < -0.3 is 4.98 Å². The molecule has 0 aliphatic carbocycles. The third kappa shape index (κ3) is 3.68. The van der Waals surface area contributed by atoms with E-state index in [1.165, 1.54) is 5.56 Å². The highest BCUT2D eigenvalue weighted by Gasteiger charge is 2.13. The number of nitrogens with one attached hydrogen (secondary N) is 1. The fourth-order valence-electron chi connectivity index (χ4n) is 2.64. The van der Waals surface area contributed by atoms with Crippen molar-refractivity contribution in [3.05, 3.63) is 74.8 Å². The lowest BCUT2D eigenvalue weighted by Crippen LogP contribution is -2.11. The molecule has 26 heavy (non-hydrogen) atoms. The molecule has 0 aliphatic rings. The van der Waals surface area contributed by atoms with Crippen LogP contribution in [0.3, 0.4) is 0 Å². The minimum atomic E-state index is -0.300. The summed E-state index contributed by atoms with van der Waals surface area (Å²) in [5.74, 6) is 0.229. The van der Waals surface area contributed by atoms with E-state index in [1.807, 2.05) is 24.3 Å². The molecule has 0 unspecified atom stereocenters. The topological polar surface area (TPSA) is 69.5 Å². The zero-order valence-electron chi connectivity index (χ0n) is 14.8. The summed E-state index contributed by atoms with van der Waals surface area (Å²) in [5, 5.41) is 10.5. The van der Waals surface area contributed by atoms with Crippen LogP contribution in [0.2, 0.25) is 5.02 Å². The first-order valence-corrected chi connectivity index (χ1v) is 8.58. The van der Waals surface area contributed by atoms with E-state index in [0.29, 0.717) is 15.9 Å². The summed E-state index contributed by atoms with van der Waals surface area (Å²) >= 11 is 5.99. The highest BCUT2D eigenvalue weighted by molar-refractivity contribution is 6.31. The molecule has 0 atom stereocenters. The van der Waals surface area contributed by atoms with E-state index >= 15 is 0 Å². The molecule has 0 aliphatic heterocycles. The molecule has 5 heteroatoms. The molecule has 0 bridgehead atoms. The summed E-state index contributed by atoms with van der Waals surface area (Å²) in [5.41, 5.74) is 2.58. The van der Waals surface area contributed by atoms with Crippen molar-refractivity contribution in [1.29, 1.82) is 5.26 Å². The van der Waals surface area contributed by atoms with Crippen LogP contribution in [0.1, 0.15) is 37.7 Å². The first-order chi connectivity index (χ1) is 12.3. The fraction of sp³-hybridized carbons (Fsp3) is 0.190. The molecule has 1 aromatic heterocycles. The minimum absolute atomic E-state index is 0.0602. The monoisotopic (exact) mass is 363 g/mol. The third-order valence-corrected chi connectivity index (χ3v) is 4.37. The van der Waals surface area contributed by atoms with E-state index < -0.39 is 0 Å². The smallest absolute Gasteiger partial charge is 0.259 e. The molecule has 0 spiro atoms. The maximum absolute atomic E-state index is 12.3. The molecule has 1 heterocycles. The Morgan fingerprint density at radius 2 is 1.88 bits per heavy atom. The van der Waals surface area contributed by atoms with Crippen molar-refractivity contribution >= 4 is 34.2 Å². The molecule has 0 radical (unpaired) electrons. The second-order valence-electron chi connectivity index (χ2n) is 7.12. The first-order valence-electron chi connectivity index (χ1n) is 8.20. The second kappa shape index (κ2) is 6.78. The van der Waals surface area contributed by atoms with Crippen LogP contribution in [0.15, 0.2) is 47.3 Å². The Kier molecular flexibility index (Phi) is 4.67. The third-order valence-electron chi connectivity index (χ3n) is 4.13. The van der Waals surface area contributed by atoms with Gasteiger partial charge >= 0.3 is 0 Å². The molecule has 1 N–H and O–H groups in total. The average molecular weight is 364 g/mol. The molecule has 3 aromatic rings. The zero-order valence-corrected chi connectivity index (χ0v) is 15.6. The Hall–Kier alpha value is -2.90. The second-order valence-corrected chi connectivity index (χ2v) is 7.55. The number of rotatable bonds is 2. The van der Waals surface area contributed by atoms with Crippen molar-refractivity contribution in [3.8, 4) is 6.07 Å². The number of fused-ring (bicyclic) bond motifs is 1. The maximum Gasteiger partial charge on any atom is 0.259 e. The van der Waals surface area contributed by atoms with Gasteiger partial charge in [0.1, 0.15) is 6.07 Å². The molecule has 4 nitrogen and oxygen atoms in total. The van der Waals surface area contributed by atoms with E-state index in [4.69, 9.17) is 11.6 Å². The predicted molar refractivity (Wildman–Crippen MR) is 106 cm³/mol. The highest BCUT2D eigenvalue weighted by atomic mass is 35.5. The lowest BCUT2D eigenvalue weighted by molar-refractivity contribution is 0.590. The van der Waals surface area contributed by atoms with Crippen LogP contribution in [-0.2, 0) is 5.41 Å². The van der Waals surface area contributed by atoms with Gasteiger partial charge in [-0.25, -0.2) is 4.98 Å². The van der Waals surface area contributed by atoms with E-state index in [0.717, 1.165) is 5.56 Å². The number of aromatic nitrogens is 2. The number of allylic oxidation sites excluding steroid dienone is 1. The highest BCUT2D eigenvalue weighted by Crippen LogP contribution is 2.24. The van der Waals surface area contributed by atoms with Gasteiger partial charge in [0.2, 0.25) is 0 Å². The molecule has 0 saturated carbocycles. The standard InChI is InChI=1S/C21H18ClN3O/c1-21(2,3)15-6-4-13(5-7-15)10-14(12-23)19-24-18-11-16(22)8-9-17(18)20(26)25-19/h4-11H,1-3H3,(H,24,25,26)/b14-10+. The number of H-pyrrole nitrogens is 1. The summed E-state index contributed by atoms with van der Waals surface area (Å²) in [7, 11) is 0. The van der Waals surface area contributed by atoms with Crippen LogP contribution >= 0.6 is 11.6 Å². The van der Waals surface area contributed by atoms with Gasteiger partial charge in [-0.3, -0.25) is 4.79 Å². The van der Waals surface area contributed by atoms with Crippen molar-refractivity contribution in [2.75, 3.05) is 0 Å². The Balaban J connectivity index is 2.06. The SMILES string of the molecule is CC(C)(C)c1ccc(/C=C(\C#N)c2nc3cc(Cl)ccc3c(=O)[nH]2)cc1.